The number of nitrogens with one attached hydrogen (secondary N) is 1. The van der Waals surface area contributed by atoms with Gasteiger partial charge in [-0.1, -0.05) is 0 Å². The van der Waals surface area contributed by atoms with E-state index in [0.717, 1.165) is 26.1 Å². The molecule has 0 radical (unpaired) electrons. The average Bonchev–Trinajstić information content (AvgIpc) is 2.60. The Hall–Kier alpha value is -0.610. The molecule has 2 atom stereocenters. The van der Waals surface area contributed by atoms with Gasteiger partial charge in [0.25, 0.3) is 0 Å². The highest BCUT2D eigenvalue weighted by molar-refractivity contribution is 5.83. The summed E-state index contributed by atoms with van der Waals surface area (Å²) in [6.07, 6.45) is 2.17. The van der Waals surface area contributed by atoms with Gasteiger partial charge in [-0.15, -0.1) is 0 Å². The van der Waals surface area contributed by atoms with E-state index < -0.39 is 0 Å². The molecule has 0 aromatic carbocycles. The molecule has 86 valence electrons. The number of nitrogens with zero attached hydrogens (tertiary/aromatic N) is 1. The Morgan fingerprint density at radius 2 is 2.13 bits per heavy atom. The molecule has 0 aromatic heterocycles. The second kappa shape index (κ2) is 4.49. The first kappa shape index (κ1) is 10.9. The number of rotatable bonds is 2. The van der Waals surface area contributed by atoms with Gasteiger partial charge in [0.1, 0.15) is 0 Å². The maximum absolute atomic E-state index is 11.8. The fourth-order valence-electron chi connectivity index (χ4n) is 2.45. The van der Waals surface area contributed by atoms with Gasteiger partial charge < -0.3 is 9.64 Å². The van der Waals surface area contributed by atoms with E-state index in [0.29, 0.717) is 18.6 Å². The third-order valence-corrected chi connectivity index (χ3v) is 3.66. The van der Waals surface area contributed by atoms with E-state index in [2.05, 4.69) is 12.2 Å². The Morgan fingerprint density at radius 3 is 2.67 bits per heavy atom. The third kappa shape index (κ3) is 2.16. The first-order valence-corrected chi connectivity index (χ1v) is 5.81. The van der Waals surface area contributed by atoms with Crippen molar-refractivity contribution in [3.63, 3.8) is 0 Å². The van der Waals surface area contributed by atoms with E-state index >= 15 is 0 Å². The Balaban J connectivity index is 1.94. The van der Waals surface area contributed by atoms with Crippen molar-refractivity contribution < 1.29 is 9.53 Å². The minimum Gasteiger partial charge on any atom is -0.381 e. The summed E-state index contributed by atoms with van der Waals surface area (Å²) in [5.74, 6) is 0.851. The number of carbonyl (C=O) groups is 1. The summed E-state index contributed by atoms with van der Waals surface area (Å²) in [6, 6.07) is 0.339. The second-order valence-electron chi connectivity index (χ2n) is 4.58. The van der Waals surface area contributed by atoms with Crippen molar-refractivity contribution in [1.82, 2.24) is 10.2 Å². The molecule has 0 spiro atoms. The van der Waals surface area contributed by atoms with Crippen LogP contribution < -0.4 is 5.32 Å². The molecule has 0 saturated carbocycles. The smallest absolute Gasteiger partial charge is 0.240 e. The van der Waals surface area contributed by atoms with Crippen LogP contribution in [0.1, 0.15) is 26.7 Å². The highest BCUT2D eigenvalue weighted by Crippen LogP contribution is 2.24. The zero-order chi connectivity index (χ0) is 10.8. The number of carbonyl (C=O) groups excluding carboxylic acids is 1. The van der Waals surface area contributed by atoms with Crippen LogP contribution in [0.15, 0.2) is 0 Å². The molecular formula is C11H20N2O2. The largest absolute Gasteiger partial charge is 0.381 e. The third-order valence-electron chi connectivity index (χ3n) is 3.66. The van der Waals surface area contributed by atoms with E-state index in [1.165, 1.54) is 0 Å². The molecule has 2 unspecified atom stereocenters. The van der Waals surface area contributed by atoms with Crippen LogP contribution in [-0.4, -0.2) is 42.8 Å². The predicted octanol–water partition coefficient (Wildman–Crippen LogP) is 0.579. The molecule has 1 N–H and O–H groups in total. The predicted molar refractivity (Wildman–Crippen MR) is 57.3 cm³/mol. The lowest BCUT2D eigenvalue weighted by molar-refractivity contribution is -0.131. The summed E-state index contributed by atoms with van der Waals surface area (Å²) in [7, 11) is 0. The van der Waals surface area contributed by atoms with Crippen molar-refractivity contribution in [2.24, 2.45) is 5.92 Å². The van der Waals surface area contributed by atoms with Gasteiger partial charge >= 0.3 is 0 Å². The lowest BCUT2D eigenvalue weighted by atomic mass is 9.92. The summed E-state index contributed by atoms with van der Waals surface area (Å²) >= 11 is 0. The van der Waals surface area contributed by atoms with Crippen molar-refractivity contribution >= 4 is 5.91 Å². The maximum Gasteiger partial charge on any atom is 0.240 e. The van der Waals surface area contributed by atoms with Gasteiger partial charge in [0.2, 0.25) is 5.91 Å². The molecule has 0 aliphatic carbocycles. The van der Waals surface area contributed by atoms with E-state index in [1.54, 1.807) is 0 Å². The lowest BCUT2D eigenvalue weighted by Gasteiger charge is -2.33. The number of ether oxygens (including phenoxy) is 1. The molecule has 0 aromatic rings. The molecule has 2 rings (SSSR count). The molecule has 0 bridgehead atoms. The van der Waals surface area contributed by atoms with Gasteiger partial charge in [-0.3, -0.25) is 10.1 Å². The van der Waals surface area contributed by atoms with Gasteiger partial charge in [-0.05, 0) is 32.6 Å². The topological polar surface area (TPSA) is 41.6 Å². The molecule has 2 saturated heterocycles. The molecule has 1 amide bonds. The number of hydrogen-bond acceptors (Lipinski definition) is 3. The van der Waals surface area contributed by atoms with Crippen molar-refractivity contribution in [2.45, 2.75) is 38.8 Å². The first-order valence-electron chi connectivity index (χ1n) is 5.81. The zero-order valence-corrected chi connectivity index (χ0v) is 9.53. The molecule has 2 fully saturated rings. The summed E-state index contributed by atoms with van der Waals surface area (Å²) in [5, 5.41) is 3.18. The van der Waals surface area contributed by atoms with Crippen LogP contribution in [0.4, 0.5) is 0 Å². The van der Waals surface area contributed by atoms with Gasteiger partial charge in [0, 0.05) is 19.3 Å². The van der Waals surface area contributed by atoms with Gasteiger partial charge in [0.05, 0.1) is 12.7 Å². The fourth-order valence-corrected chi connectivity index (χ4v) is 2.45. The van der Waals surface area contributed by atoms with Crippen molar-refractivity contribution in [3.05, 3.63) is 0 Å². The molecular weight excluding hydrogens is 192 g/mol. The second-order valence-corrected chi connectivity index (χ2v) is 4.58. The minimum absolute atomic E-state index is 0.00714. The maximum atomic E-state index is 11.8. The van der Waals surface area contributed by atoms with E-state index in [9.17, 15) is 4.79 Å². The average molecular weight is 212 g/mol. The Kier molecular flexibility index (Phi) is 3.26. The summed E-state index contributed by atoms with van der Waals surface area (Å²) in [4.78, 5) is 13.8. The summed E-state index contributed by atoms with van der Waals surface area (Å²) < 4.78 is 5.34. The molecule has 15 heavy (non-hydrogen) atoms. The van der Waals surface area contributed by atoms with Gasteiger partial charge in [0.15, 0.2) is 0 Å². The Morgan fingerprint density at radius 1 is 1.47 bits per heavy atom. The fraction of sp³-hybridized carbons (Fsp3) is 0.909. The molecule has 2 aliphatic heterocycles. The lowest BCUT2D eigenvalue weighted by Crippen LogP contribution is -2.42. The summed E-state index contributed by atoms with van der Waals surface area (Å²) in [6.45, 7) is 6.49. The standard InChI is InChI=1S/C11H20N2O2/c1-8-11(14)13(7-12-8)9(2)10-3-5-15-6-4-10/h8-10,12H,3-7H2,1-2H3. The van der Waals surface area contributed by atoms with Crippen LogP contribution >= 0.6 is 0 Å². The van der Waals surface area contributed by atoms with Gasteiger partial charge in [-0.2, -0.15) is 0 Å². The van der Waals surface area contributed by atoms with Crippen molar-refractivity contribution in [3.8, 4) is 0 Å². The highest BCUT2D eigenvalue weighted by Gasteiger charge is 2.34. The quantitative estimate of drug-likeness (QED) is 0.728. The molecule has 2 heterocycles. The molecule has 4 heteroatoms. The Labute approximate surface area is 91.0 Å². The van der Waals surface area contributed by atoms with Crippen molar-refractivity contribution in [1.29, 1.82) is 0 Å². The normalized spacial score (nSPS) is 30.9. The van der Waals surface area contributed by atoms with Crippen LogP contribution in [0.25, 0.3) is 0 Å². The molecule has 2 aliphatic rings. The van der Waals surface area contributed by atoms with Crippen molar-refractivity contribution in [2.75, 3.05) is 19.9 Å². The number of amides is 1. The monoisotopic (exact) mass is 212 g/mol. The van der Waals surface area contributed by atoms with Gasteiger partial charge in [-0.25, -0.2) is 0 Å². The van der Waals surface area contributed by atoms with Crippen LogP contribution in [0, 0.1) is 5.92 Å². The highest BCUT2D eigenvalue weighted by atomic mass is 16.5. The first-order chi connectivity index (χ1) is 7.20. The SMILES string of the molecule is CC1NCN(C(C)C2CCOCC2)C1=O. The van der Waals surface area contributed by atoms with E-state index in [1.807, 2.05) is 11.8 Å². The van der Waals surface area contributed by atoms with Crippen LogP contribution in [0.5, 0.6) is 0 Å². The zero-order valence-electron chi connectivity index (χ0n) is 9.53. The van der Waals surface area contributed by atoms with Crippen LogP contribution in [-0.2, 0) is 9.53 Å². The summed E-state index contributed by atoms with van der Waals surface area (Å²) in [5.41, 5.74) is 0. The van der Waals surface area contributed by atoms with Crippen LogP contribution in [0.3, 0.4) is 0 Å². The van der Waals surface area contributed by atoms with Crippen LogP contribution in [0.2, 0.25) is 0 Å². The number of hydrogen-bond donors (Lipinski definition) is 1. The molecule has 4 nitrogen and oxygen atoms in total. The minimum atomic E-state index is -0.00714. The Bertz CT molecular complexity index is 239. The van der Waals surface area contributed by atoms with E-state index in [-0.39, 0.29) is 11.9 Å². The van der Waals surface area contributed by atoms with E-state index in [4.69, 9.17) is 4.74 Å².